The van der Waals surface area contributed by atoms with Crippen molar-refractivity contribution in [2.75, 3.05) is 5.75 Å². The van der Waals surface area contributed by atoms with Crippen molar-refractivity contribution in [1.82, 2.24) is 0 Å². The van der Waals surface area contributed by atoms with Gasteiger partial charge in [-0.15, -0.1) is 0 Å². The smallest absolute Gasteiger partial charge is 0.148 e. The number of hydrogen-bond donors (Lipinski definition) is 0. The fourth-order valence-electron chi connectivity index (χ4n) is 2.53. The van der Waals surface area contributed by atoms with Crippen molar-refractivity contribution in [2.45, 2.75) is 44.4 Å². The summed E-state index contributed by atoms with van der Waals surface area (Å²) in [6.45, 7) is 3.94. The second-order valence-electron chi connectivity index (χ2n) is 5.21. The van der Waals surface area contributed by atoms with Gasteiger partial charge in [-0.1, -0.05) is 25.0 Å². The molecule has 0 aliphatic heterocycles. The summed E-state index contributed by atoms with van der Waals surface area (Å²) in [4.78, 5) is 12.9. The number of rotatable bonds is 4. The van der Waals surface area contributed by atoms with Gasteiger partial charge in [0.15, 0.2) is 0 Å². The van der Waals surface area contributed by atoms with Crippen LogP contribution >= 0.6 is 0 Å². The molecule has 1 aliphatic carbocycles. The van der Waals surface area contributed by atoms with Crippen LogP contribution in [0.5, 0.6) is 0 Å². The third kappa shape index (κ3) is 3.08. The molecule has 1 aromatic carbocycles. The van der Waals surface area contributed by atoms with E-state index < -0.39 is 10.8 Å². The number of carbonyl (C=O) groups is 1. The van der Waals surface area contributed by atoms with Crippen molar-refractivity contribution in [2.24, 2.45) is 5.92 Å². The van der Waals surface area contributed by atoms with E-state index in [4.69, 9.17) is 0 Å². The SMILES string of the molecule is Cc1ccc(C)c(S(=O)CC(=O)C2CCCC2)c1. The second kappa shape index (κ2) is 5.79. The van der Waals surface area contributed by atoms with Gasteiger partial charge in [0.25, 0.3) is 0 Å². The zero-order valence-electron chi connectivity index (χ0n) is 11.1. The Balaban J connectivity index is 2.07. The molecule has 0 aromatic heterocycles. The van der Waals surface area contributed by atoms with E-state index in [1.54, 1.807) is 0 Å². The van der Waals surface area contributed by atoms with E-state index in [1.807, 2.05) is 32.0 Å². The first kappa shape index (κ1) is 13.5. The van der Waals surface area contributed by atoms with Gasteiger partial charge in [-0.05, 0) is 43.9 Å². The summed E-state index contributed by atoms with van der Waals surface area (Å²) >= 11 is 0. The zero-order chi connectivity index (χ0) is 13.1. The summed E-state index contributed by atoms with van der Waals surface area (Å²) in [6, 6.07) is 5.92. The number of carbonyl (C=O) groups excluding carboxylic acids is 1. The van der Waals surface area contributed by atoms with E-state index in [2.05, 4.69) is 0 Å². The number of aryl methyl sites for hydroxylation is 2. The standard InChI is InChI=1S/C15H20O2S/c1-11-7-8-12(2)15(9-11)18(17)10-14(16)13-5-3-4-6-13/h7-9,13H,3-6,10H2,1-2H3. The van der Waals surface area contributed by atoms with Crippen LogP contribution in [0.25, 0.3) is 0 Å². The minimum Gasteiger partial charge on any atom is -0.298 e. The molecule has 2 rings (SSSR count). The molecule has 1 fully saturated rings. The fourth-order valence-corrected chi connectivity index (χ4v) is 3.92. The molecule has 0 saturated heterocycles. The highest BCUT2D eigenvalue weighted by Gasteiger charge is 2.24. The van der Waals surface area contributed by atoms with Gasteiger partial charge in [-0.2, -0.15) is 0 Å². The highest BCUT2D eigenvalue weighted by molar-refractivity contribution is 7.85. The van der Waals surface area contributed by atoms with Crippen molar-refractivity contribution < 1.29 is 9.00 Å². The van der Waals surface area contributed by atoms with Crippen LogP contribution < -0.4 is 0 Å². The summed E-state index contributed by atoms with van der Waals surface area (Å²) in [5.41, 5.74) is 2.11. The minimum atomic E-state index is -1.18. The quantitative estimate of drug-likeness (QED) is 0.837. The Labute approximate surface area is 111 Å². The Kier molecular flexibility index (Phi) is 4.33. The molecule has 0 spiro atoms. The first-order chi connectivity index (χ1) is 8.58. The van der Waals surface area contributed by atoms with Gasteiger partial charge in [-0.25, -0.2) is 0 Å². The van der Waals surface area contributed by atoms with E-state index in [1.165, 1.54) is 0 Å². The molecule has 1 unspecified atom stereocenters. The molecule has 1 aliphatic rings. The molecule has 0 N–H and O–H groups in total. The molecule has 0 bridgehead atoms. The Bertz CT molecular complexity index is 473. The van der Waals surface area contributed by atoms with Crippen molar-refractivity contribution in [1.29, 1.82) is 0 Å². The summed E-state index contributed by atoms with van der Waals surface area (Å²) < 4.78 is 12.3. The average molecular weight is 264 g/mol. The number of ketones is 1. The zero-order valence-corrected chi connectivity index (χ0v) is 11.9. The van der Waals surface area contributed by atoms with Gasteiger partial charge in [0.1, 0.15) is 5.78 Å². The predicted octanol–water partition coefficient (Wildman–Crippen LogP) is 3.17. The first-order valence-corrected chi connectivity index (χ1v) is 7.88. The van der Waals surface area contributed by atoms with Gasteiger partial charge in [0, 0.05) is 10.8 Å². The van der Waals surface area contributed by atoms with Crippen molar-refractivity contribution in [3.63, 3.8) is 0 Å². The van der Waals surface area contributed by atoms with Crippen LogP contribution in [0.3, 0.4) is 0 Å². The molecule has 0 heterocycles. The summed E-state index contributed by atoms with van der Waals surface area (Å²) in [6.07, 6.45) is 4.27. The number of Topliss-reactive ketones (excluding diaryl/α,β-unsaturated/α-hetero) is 1. The molecule has 2 nitrogen and oxygen atoms in total. The monoisotopic (exact) mass is 264 g/mol. The lowest BCUT2D eigenvalue weighted by atomic mass is 10.0. The Morgan fingerprint density at radius 3 is 2.61 bits per heavy atom. The highest BCUT2D eigenvalue weighted by atomic mass is 32.2. The van der Waals surface area contributed by atoms with Crippen LogP contribution in [0.1, 0.15) is 36.8 Å². The van der Waals surface area contributed by atoms with Crippen LogP contribution in [0.4, 0.5) is 0 Å². The van der Waals surface area contributed by atoms with Crippen LogP contribution in [-0.2, 0) is 15.6 Å². The fraction of sp³-hybridized carbons (Fsp3) is 0.533. The number of benzene rings is 1. The van der Waals surface area contributed by atoms with E-state index in [0.717, 1.165) is 41.7 Å². The molecular formula is C15H20O2S. The molecular weight excluding hydrogens is 244 g/mol. The van der Waals surface area contributed by atoms with Crippen molar-refractivity contribution >= 4 is 16.6 Å². The molecule has 18 heavy (non-hydrogen) atoms. The molecule has 1 saturated carbocycles. The Morgan fingerprint density at radius 1 is 1.28 bits per heavy atom. The summed E-state index contributed by atoms with van der Waals surface area (Å²) in [5, 5.41) is 0. The van der Waals surface area contributed by atoms with Gasteiger partial charge < -0.3 is 0 Å². The Hall–Kier alpha value is -0.960. The molecule has 98 valence electrons. The lowest BCUT2D eigenvalue weighted by Crippen LogP contribution is -2.19. The van der Waals surface area contributed by atoms with E-state index >= 15 is 0 Å². The average Bonchev–Trinajstić information content (AvgIpc) is 2.85. The van der Waals surface area contributed by atoms with Crippen LogP contribution in [0.2, 0.25) is 0 Å². The maximum Gasteiger partial charge on any atom is 0.148 e. The van der Waals surface area contributed by atoms with Gasteiger partial charge in [0.05, 0.1) is 16.6 Å². The van der Waals surface area contributed by atoms with E-state index in [0.29, 0.717) is 0 Å². The largest absolute Gasteiger partial charge is 0.298 e. The van der Waals surface area contributed by atoms with Crippen molar-refractivity contribution in [3.8, 4) is 0 Å². The molecule has 1 aromatic rings. The van der Waals surface area contributed by atoms with Crippen molar-refractivity contribution in [3.05, 3.63) is 29.3 Å². The third-order valence-electron chi connectivity index (χ3n) is 3.67. The highest BCUT2D eigenvalue weighted by Crippen LogP contribution is 2.26. The van der Waals surface area contributed by atoms with E-state index in [-0.39, 0.29) is 17.5 Å². The van der Waals surface area contributed by atoms with Crippen LogP contribution in [-0.4, -0.2) is 15.7 Å². The molecule has 0 amide bonds. The molecule has 0 radical (unpaired) electrons. The summed E-state index contributed by atoms with van der Waals surface area (Å²) in [7, 11) is -1.18. The van der Waals surface area contributed by atoms with Gasteiger partial charge in [-0.3, -0.25) is 9.00 Å². The predicted molar refractivity (Wildman–Crippen MR) is 74.2 cm³/mol. The maximum atomic E-state index is 12.3. The lowest BCUT2D eigenvalue weighted by Gasteiger charge is -2.10. The number of hydrogen-bond acceptors (Lipinski definition) is 2. The molecule has 1 atom stereocenters. The minimum absolute atomic E-state index is 0.166. The third-order valence-corrected chi connectivity index (χ3v) is 5.15. The maximum absolute atomic E-state index is 12.3. The van der Waals surface area contributed by atoms with Crippen LogP contribution in [0, 0.1) is 19.8 Å². The van der Waals surface area contributed by atoms with Gasteiger partial charge in [0.2, 0.25) is 0 Å². The summed E-state index contributed by atoms with van der Waals surface area (Å²) in [5.74, 6) is 0.542. The second-order valence-corrected chi connectivity index (χ2v) is 6.63. The topological polar surface area (TPSA) is 34.1 Å². The Morgan fingerprint density at radius 2 is 1.94 bits per heavy atom. The van der Waals surface area contributed by atoms with Crippen LogP contribution in [0.15, 0.2) is 23.1 Å². The molecule has 3 heteroatoms. The van der Waals surface area contributed by atoms with E-state index in [9.17, 15) is 9.00 Å². The lowest BCUT2D eigenvalue weighted by molar-refractivity contribution is -0.120. The normalized spacial score (nSPS) is 17.9. The van der Waals surface area contributed by atoms with Gasteiger partial charge >= 0.3 is 0 Å². The first-order valence-electron chi connectivity index (χ1n) is 6.56.